The van der Waals surface area contributed by atoms with Gasteiger partial charge in [-0.3, -0.25) is 9.59 Å². The van der Waals surface area contributed by atoms with Crippen molar-refractivity contribution < 1.29 is 23.8 Å². The van der Waals surface area contributed by atoms with Crippen molar-refractivity contribution in [3.05, 3.63) is 17.7 Å². The van der Waals surface area contributed by atoms with Crippen LogP contribution in [-0.4, -0.2) is 69.1 Å². The molecule has 3 aliphatic rings. The molecule has 4 rings (SSSR count). The highest BCUT2D eigenvalue weighted by Crippen LogP contribution is 2.40. The molecule has 3 saturated heterocycles. The average molecular weight is 348 g/mol. The van der Waals surface area contributed by atoms with Crippen LogP contribution in [0.4, 0.5) is 0 Å². The van der Waals surface area contributed by atoms with Gasteiger partial charge in [0.05, 0.1) is 32.8 Å². The molecule has 3 fully saturated rings. The molecule has 0 aliphatic carbocycles. The van der Waals surface area contributed by atoms with Gasteiger partial charge >= 0.3 is 0 Å². The van der Waals surface area contributed by atoms with E-state index < -0.39 is 0 Å². The molecule has 3 aliphatic heterocycles. The fraction of sp³-hybridized carbons (Fsp3) is 0.556. The van der Waals surface area contributed by atoms with Crippen LogP contribution in [0.15, 0.2) is 12.1 Å². The maximum absolute atomic E-state index is 13.2. The number of carbonyl (C=O) groups excluding carboxylic acids is 2. The normalized spacial score (nSPS) is 22.6. The largest absolute Gasteiger partial charge is 0.493 e. The van der Waals surface area contributed by atoms with Gasteiger partial charge in [-0.05, 0) is 25.0 Å². The number of methoxy groups -OCH3 is 3. The van der Waals surface area contributed by atoms with Crippen molar-refractivity contribution in [1.82, 2.24) is 9.80 Å². The fourth-order valence-corrected chi connectivity index (χ4v) is 3.76. The van der Waals surface area contributed by atoms with Crippen LogP contribution in [0.1, 0.15) is 23.2 Å². The number of hydrogen-bond donors (Lipinski definition) is 0. The summed E-state index contributed by atoms with van der Waals surface area (Å²) in [5.41, 5.74) is 0.413. The number of carbonyl (C=O) groups is 2. The van der Waals surface area contributed by atoms with Gasteiger partial charge in [0.1, 0.15) is 0 Å². The SMILES string of the molecule is COc1ccc(C(=O)N2C[C@@H]3CC[C@H](C2)N(C)C3=O)c(OC)c1OC. The maximum atomic E-state index is 13.2. The maximum Gasteiger partial charge on any atom is 0.257 e. The smallest absolute Gasteiger partial charge is 0.257 e. The van der Waals surface area contributed by atoms with E-state index in [1.807, 2.05) is 7.05 Å². The first-order valence-electron chi connectivity index (χ1n) is 8.36. The second-order valence-electron chi connectivity index (χ2n) is 6.47. The molecular weight excluding hydrogens is 324 g/mol. The lowest BCUT2D eigenvalue weighted by molar-refractivity contribution is -0.138. The molecule has 7 nitrogen and oxygen atoms in total. The summed E-state index contributed by atoms with van der Waals surface area (Å²) in [4.78, 5) is 29.0. The summed E-state index contributed by atoms with van der Waals surface area (Å²) >= 11 is 0. The Kier molecular flexibility index (Phi) is 4.74. The second kappa shape index (κ2) is 6.82. The lowest BCUT2D eigenvalue weighted by atomic mass is 9.95. The monoisotopic (exact) mass is 348 g/mol. The number of fused-ring (bicyclic) bond motifs is 4. The van der Waals surface area contributed by atoms with Gasteiger partial charge in [-0.25, -0.2) is 0 Å². The van der Waals surface area contributed by atoms with E-state index >= 15 is 0 Å². The summed E-state index contributed by atoms with van der Waals surface area (Å²) in [7, 11) is 6.36. The number of hydrogen-bond acceptors (Lipinski definition) is 5. The average Bonchev–Trinajstić information content (AvgIpc) is 2.92. The minimum Gasteiger partial charge on any atom is -0.493 e. The number of amides is 2. The van der Waals surface area contributed by atoms with Crippen molar-refractivity contribution in [1.29, 1.82) is 0 Å². The van der Waals surface area contributed by atoms with Gasteiger partial charge in [0.15, 0.2) is 11.5 Å². The van der Waals surface area contributed by atoms with Crippen molar-refractivity contribution in [3.8, 4) is 17.2 Å². The molecule has 2 amide bonds. The van der Waals surface area contributed by atoms with Gasteiger partial charge < -0.3 is 24.0 Å². The molecule has 1 aromatic carbocycles. The number of nitrogens with zero attached hydrogens (tertiary/aromatic N) is 2. The minimum atomic E-state index is -0.155. The number of likely N-dealkylation sites (N-methyl/N-ethyl adjacent to an activating group) is 1. The Hall–Kier alpha value is -2.44. The highest BCUT2D eigenvalue weighted by atomic mass is 16.5. The molecule has 7 heteroatoms. The van der Waals surface area contributed by atoms with E-state index in [1.165, 1.54) is 21.3 Å². The highest BCUT2D eigenvalue weighted by molar-refractivity contribution is 5.99. The van der Waals surface area contributed by atoms with Crippen molar-refractivity contribution in [2.75, 3.05) is 41.5 Å². The van der Waals surface area contributed by atoms with E-state index in [4.69, 9.17) is 14.2 Å². The number of ether oxygens (including phenoxy) is 3. The molecule has 1 aromatic rings. The van der Waals surface area contributed by atoms with E-state index in [9.17, 15) is 9.59 Å². The van der Waals surface area contributed by atoms with Crippen LogP contribution in [0.3, 0.4) is 0 Å². The molecular formula is C18H24N2O5. The first-order valence-corrected chi connectivity index (χ1v) is 8.36. The third-order valence-electron chi connectivity index (χ3n) is 5.19. The zero-order valence-corrected chi connectivity index (χ0v) is 15.1. The number of piperidine rings is 1. The van der Waals surface area contributed by atoms with Crippen LogP contribution in [0.25, 0.3) is 0 Å². The summed E-state index contributed by atoms with van der Waals surface area (Å²) in [6, 6.07) is 3.44. The van der Waals surface area contributed by atoms with Gasteiger partial charge in [-0.15, -0.1) is 0 Å². The van der Waals surface area contributed by atoms with E-state index in [2.05, 4.69) is 0 Å². The van der Waals surface area contributed by atoms with Gasteiger partial charge in [-0.1, -0.05) is 0 Å². The zero-order valence-electron chi connectivity index (χ0n) is 15.1. The first kappa shape index (κ1) is 17.4. The van der Waals surface area contributed by atoms with E-state index in [0.29, 0.717) is 35.9 Å². The topological polar surface area (TPSA) is 68.3 Å². The van der Waals surface area contributed by atoms with Gasteiger partial charge in [0.25, 0.3) is 5.91 Å². The Bertz CT molecular complexity index is 690. The van der Waals surface area contributed by atoms with Crippen molar-refractivity contribution in [3.63, 3.8) is 0 Å². The Morgan fingerprint density at radius 1 is 1.04 bits per heavy atom. The van der Waals surface area contributed by atoms with Crippen LogP contribution in [0.5, 0.6) is 17.2 Å². The summed E-state index contributed by atoms with van der Waals surface area (Å²) in [5.74, 6) is 1.09. The van der Waals surface area contributed by atoms with Crippen LogP contribution in [0, 0.1) is 5.92 Å². The molecule has 0 spiro atoms. The van der Waals surface area contributed by atoms with Gasteiger partial charge in [0.2, 0.25) is 11.7 Å². The minimum absolute atomic E-state index is 0.0707. The third-order valence-corrected chi connectivity index (χ3v) is 5.19. The predicted octanol–water partition coefficient (Wildman–Crippen LogP) is 1.41. The quantitative estimate of drug-likeness (QED) is 0.823. The second-order valence-corrected chi connectivity index (χ2v) is 6.47. The molecule has 0 saturated carbocycles. The Morgan fingerprint density at radius 2 is 1.76 bits per heavy atom. The molecule has 0 radical (unpaired) electrons. The molecule has 2 atom stereocenters. The van der Waals surface area contributed by atoms with Crippen molar-refractivity contribution in [2.45, 2.75) is 18.9 Å². The molecule has 2 bridgehead atoms. The van der Waals surface area contributed by atoms with Crippen LogP contribution in [-0.2, 0) is 4.79 Å². The summed E-state index contributed by atoms with van der Waals surface area (Å²) < 4.78 is 16.1. The van der Waals surface area contributed by atoms with Crippen molar-refractivity contribution in [2.24, 2.45) is 5.92 Å². The van der Waals surface area contributed by atoms with E-state index in [0.717, 1.165) is 12.8 Å². The number of rotatable bonds is 4. The van der Waals surface area contributed by atoms with Gasteiger partial charge in [-0.2, -0.15) is 0 Å². The zero-order chi connectivity index (χ0) is 18.1. The fourth-order valence-electron chi connectivity index (χ4n) is 3.76. The molecule has 0 N–H and O–H groups in total. The summed E-state index contributed by atoms with van der Waals surface area (Å²) in [6.45, 7) is 0.977. The Balaban J connectivity index is 1.95. The predicted molar refractivity (Wildman–Crippen MR) is 91.3 cm³/mol. The van der Waals surface area contributed by atoms with Gasteiger partial charge in [0, 0.05) is 26.2 Å². The lowest BCUT2D eigenvalue weighted by Crippen LogP contribution is -2.45. The molecule has 25 heavy (non-hydrogen) atoms. The summed E-state index contributed by atoms with van der Waals surface area (Å²) in [5, 5.41) is 0. The standard InChI is InChI=1S/C18H24N2O5/c1-19-12-6-5-11(17(19)21)9-20(10-12)18(22)13-7-8-14(23-2)16(25-4)15(13)24-3/h7-8,11-12H,5-6,9-10H2,1-4H3/t11-,12+/m0/s1. The highest BCUT2D eigenvalue weighted by Gasteiger charge is 2.40. The van der Waals surface area contributed by atoms with Crippen LogP contribution < -0.4 is 14.2 Å². The molecule has 0 unspecified atom stereocenters. The van der Waals surface area contributed by atoms with E-state index in [-0.39, 0.29) is 23.8 Å². The Labute approximate surface area is 147 Å². The number of benzene rings is 1. The van der Waals surface area contributed by atoms with Crippen LogP contribution >= 0.6 is 0 Å². The Morgan fingerprint density at radius 3 is 2.40 bits per heavy atom. The van der Waals surface area contributed by atoms with Crippen molar-refractivity contribution >= 4 is 11.8 Å². The lowest BCUT2D eigenvalue weighted by Gasteiger charge is -2.32. The molecule has 3 heterocycles. The molecule has 0 aromatic heterocycles. The van der Waals surface area contributed by atoms with E-state index in [1.54, 1.807) is 21.9 Å². The third kappa shape index (κ3) is 2.88. The summed E-state index contributed by atoms with van der Waals surface area (Å²) in [6.07, 6.45) is 1.76. The molecule has 136 valence electrons. The van der Waals surface area contributed by atoms with Crippen LogP contribution in [0.2, 0.25) is 0 Å². The first-order chi connectivity index (χ1) is 12.0.